The van der Waals surface area contributed by atoms with Crippen molar-refractivity contribution in [3.05, 3.63) is 36.0 Å². The Kier molecular flexibility index (Phi) is 3.07. The smallest absolute Gasteiger partial charge is 0.103 e. The van der Waals surface area contributed by atoms with Crippen molar-refractivity contribution in [2.45, 2.75) is 25.4 Å². The molecule has 1 aromatic heterocycles. The first-order valence-corrected chi connectivity index (χ1v) is 6.86. The minimum atomic E-state index is -0.699. The molecule has 1 unspecified atom stereocenters. The van der Waals surface area contributed by atoms with Crippen LogP contribution in [0, 0.1) is 11.3 Å². The highest BCUT2D eigenvalue weighted by Gasteiger charge is 2.30. The molecule has 0 aliphatic carbocycles. The predicted molar refractivity (Wildman–Crippen MR) is 78.5 cm³/mol. The van der Waals surface area contributed by atoms with Crippen LogP contribution in [0.15, 0.2) is 30.5 Å². The number of fused-ring (bicyclic) bond motifs is 1. The van der Waals surface area contributed by atoms with Crippen LogP contribution in [0.2, 0.25) is 0 Å². The first kappa shape index (κ1) is 12.9. The number of rotatable bonds is 1. The minimum Gasteiger partial charge on any atom is -0.388 e. The van der Waals surface area contributed by atoms with E-state index < -0.39 is 5.60 Å². The average Bonchev–Trinajstić information content (AvgIpc) is 2.45. The van der Waals surface area contributed by atoms with Gasteiger partial charge < -0.3 is 10.0 Å². The molecule has 0 amide bonds. The molecule has 2 heterocycles. The highest BCUT2D eigenvalue weighted by atomic mass is 16.3. The molecule has 1 fully saturated rings. The van der Waals surface area contributed by atoms with Gasteiger partial charge in [-0.05, 0) is 25.8 Å². The lowest BCUT2D eigenvalue weighted by Crippen LogP contribution is -2.46. The second-order valence-electron chi connectivity index (χ2n) is 5.67. The molecule has 20 heavy (non-hydrogen) atoms. The van der Waals surface area contributed by atoms with Gasteiger partial charge in [-0.25, -0.2) is 0 Å². The molecule has 0 spiro atoms. The van der Waals surface area contributed by atoms with Crippen molar-refractivity contribution in [1.82, 2.24) is 4.98 Å². The normalized spacial score (nSPS) is 22.8. The molecule has 1 N–H and O–H groups in total. The van der Waals surface area contributed by atoms with Gasteiger partial charge in [0.15, 0.2) is 0 Å². The van der Waals surface area contributed by atoms with E-state index in [4.69, 9.17) is 0 Å². The van der Waals surface area contributed by atoms with Crippen molar-refractivity contribution in [2.24, 2.45) is 0 Å². The molecule has 0 bridgehead atoms. The maximum absolute atomic E-state index is 10.3. The number of piperidine rings is 1. The fourth-order valence-electron chi connectivity index (χ4n) is 2.96. The number of benzene rings is 1. The molecule has 102 valence electrons. The number of para-hydroxylation sites is 1. The Labute approximate surface area is 118 Å². The van der Waals surface area contributed by atoms with Crippen molar-refractivity contribution in [2.75, 3.05) is 18.0 Å². The highest BCUT2D eigenvalue weighted by Crippen LogP contribution is 2.33. The Morgan fingerprint density at radius 3 is 2.95 bits per heavy atom. The molecule has 1 atom stereocenters. The van der Waals surface area contributed by atoms with E-state index in [0.717, 1.165) is 36.0 Å². The molecule has 4 heteroatoms. The molecule has 1 aliphatic rings. The van der Waals surface area contributed by atoms with Crippen molar-refractivity contribution in [3.63, 3.8) is 0 Å². The third kappa shape index (κ3) is 2.21. The Morgan fingerprint density at radius 2 is 2.20 bits per heavy atom. The lowest BCUT2D eigenvalue weighted by molar-refractivity contribution is 0.0450. The number of aromatic nitrogens is 1. The van der Waals surface area contributed by atoms with Crippen molar-refractivity contribution in [3.8, 4) is 6.07 Å². The summed E-state index contributed by atoms with van der Waals surface area (Å²) in [4.78, 5) is 6.45. The molecule has 2 aromatic rings. The van der Waals surface area contributed by atoms with Crippen LogP contribution >= 0.6 is 0 Å². The Hall–Kier alpha value is -2.12. The van der Waals surface area contributed by atoms with Crippen LogP contribution in [0.25, 0.3) is 10.9 Å². The van der Waals surface area contributed by atoms with Gasteiger partial charge >= 0.3 is 0 Å². The van der Waals surface area contributed by atoms with Gasteiger partial charge in [0, 0.05) is 24.7 Å². The Balaban J connectivity index is 2.16. The van der Waals surface area contributed by atoms with E-state index in [0.29, 0.717) is 12.1 Å². The van der Waals surface area contributed by atoms with E-state index in [1.54, 1.807) is 6.20 Å². The van der Waals surface area contributed by atoms with Crippen molar-refractivity contribution < 1.29 is 5.11 Å². The molecule has 1 saturated heterocycles. The number of pyridine rings is 1. The average molecular weight is 267 g/mol. The SMILES string of the molecule is CC1(O)CCCN(c2c(C#N)cnc3ccccc23)C1. The van der Waals surface area contributed by atoms with E-state index in [2.05, 4.69) is 16.0 Å². The monoisotopic (exact) mass is 267 g/mol. The summed E-state index contributed by atoms with van der Waals surface area (Å²) in [5.41, 5.74) is 1.65. The number of nitrogens with zero attached hydrogens (tertiary/aromatic N) is 3. The van der Waals surface area contributed by atoms with Crippen LogP contribution in [0.5, 0.6) is 0 Å². The van der Waals surface area contributed by atoms with E-state index in [-0.39, 0.29) is 0 Å². The number of anilines is 1. The minimum absolute atomic E-state index is 0.551. The lowest BCUT2D eigenvalue weighted by atomic mass is 9.94. The molecule has 1 aliphatic heterocycles. The summed E-state index contributed by atoms with van der Waals surface area (Å²) in [6.07, 6.45) is 3.35. The first-order valence-electron chi connectivity index (χ1n) is 6.86. The van der Waals surface area contributed by atoms with Crippen molar-refractivity contribution >= 4 is 16.6 Å². The zero-order valence-corrected chi connectivity index (χ0v) is 11.5. The fraction of sp³-hybridized carbons (Fsp3) is 0.375. The maximum Gasteiger partial charge on any atom is 0.103 e. The zero-order chi connectivity index (χ0) is 14.2. The summed E-state index contributed by atoms with van der Waals surface area (Å²) >= 11 is 0. The Bertz CT molecular complexity index is 688. The molecule has 1 aromatic carbocycles. The van der Waals surface area contributed by atoms with Crippen molar-refractivity contribution in [1.29, 1.82) is 5.26 Å². The molecule has 0 radical (unpaired) electrons. The van der Waals surface area contributed by atoms with E-state index in [1.165, 1.54) is 0 Å². The number of β-amino-alcohol motifs (C(OH)–C–C–N with tert-alkyl or cyclic N) is 1. The Morgan fingerprint density at radius 1 is 1.40 bits per heavy atom. The largest absolute Gasteiger partial charge is 0.388 e. The third-order valence-corrected chi connectivity index (χ3v) is 3.86. The van der Waals surface area contributed by atoms with Gasteiger partial charge in [-0.15, -0.1) is 0 Å². The van der Waals surface area contributed by atoms with E-state index in [9.17, 15) is 10.4 Å². The van der Waals surface area contributed by atoms with Crippen LogP contribution in [-0.4, -0.2) is 28.8 Å². The molecule has 0 saturated carbocycles. The van der Waals surface area contributed by atoms with Crippen LogP contribution in [0.4, 0.5) is 5.69 Å². The van der Waals surface area contributed by atoms with Gasteiger partial charge in [0.1, 0.15) is 6.07 Å². The summed E-state index contributed by atoms with van der Waals surface area (Å²) in [5.74, 6) is 0. The van der Waals surface area contributed by atoms with Crippen LogP contribution in [0.3, 0.4) is 0 Å². The molecule has 4 nitrogen and oxygen atoms in total. The summed E-state index contributed by atoms with van der Waals surface area (Å²) in [6, 6.07) is 10.1. The second-order valence-corrected chi connectivity index (χ2v) is 5.67. The summed E-state index contributed by atoms with van der Waals surface area (Å²) in [5, 5.41) is 20.6. The lowest BCUT2D eigenvalue weighted by Gasteiger charge is -2.39. The molecular weight excluding hydrogens is 250 g/mol. The predicted octanol–water partition coefficient (Wildman–Crippen LogP) is 2.46. The van der Waals surface area contributed by atoms with Gasteiger partial charge in [0.2, 0.25) is 0 Å². The summed E-state index contributed by atoms with van der Waals surface area (Å²) < 4.78 is 0. The van der Waals surface area contributed by atoms with Crippen LogP contribution in [-0.2, 0) is 0 Å². The number of hydrogen-bond donors (Lipinski definition) is 1. The molecule has 3 rings (SSSR count). The third-order valence-electron chi connectivity index (χ3n) is 3.86. The van der Waals surface area contributed by atoms with Gasteiger partial charge in [-0.3, -0.25) is 4.98 Å². The summed E-state index contributed by atoms with van der Waals surface area (Å²) in [6.45, 7) is 3.27. The first-order chi connectivity index (χ1) is 9.61. The summed E-state index contributed by atoms with van der Waals surface area (Å²) in [7, 11) is 0. The standard InChI is InChI=1S/C16H17N3O/c1-16(20)7-4-8-19(11-16)15-12(9-17)10-18-14-6-3-2-5-13(14)15/h2-3,5-6,10,20H,4,7-8,11H2,1H3. The topological polar surface area (TPSA) is 60.1 Å². The van der Waals surface area contributed by atoms with Gasteiger partial charge in [0.25, 0.3) is 0 Å². The number of aliphatic hydroxyl groups is 1. The number of hydrogen-bond acceptors (Lipinski definition) is 4. The number of nitriles is 1. The van der Waals surface area contributed by atoms with Gasteiger partial charge in [-0.1, -0.05) is 18.2 Å². The molecular formula is C16H17N3O. The van der Waals surface area contributed by atoms with Crippen LogP contribution in [0.1, 0.15) is 25.3 Å². The van der Waals surface area contributed by atoms with Crippen LogP contribution < -0.4 is 4.90 Å². The van der Waals surface area contributed by atoms with Gasteiger partial charge in [0.05, 0.1) is 22.4 Å². The van der Waals surface area contributed by atoms with E-state index >= 15 is 0 Å². The zero-order valence-electron chi connectivity index (χ0n) is 11.5. The maximum atomic E-state index is 10.3. The van der Waals surface area contributed by atoms with Gasteiger partial charge in [-0.2, -0.15) is 5.26 Å². The highest BCUT2D eigenvalue weighted by molar-refractivity contribution is 5.94. The fourth-order valence-corrected chi connectivity index (χ4v) is 2.96. The quantitative estimate of drug-likeness (QED) is 0.862. The second kappa shape index (κ2) is 4.77. The van der Waals surface area contributed by atoms with E-state index in [1.807, 2.05) is 31.2 Å².